The van der Waals surface area contributed by atoms with Crippen molar-refractivity contribution in [1.29, 1.82) is 0 Å². The Balaban J connectivity index is 1.59. The van der Waals surface area contributed by atoms with Crippen molar-refractivity contribution in [2.75, 3.05) is 6.61 Å². The number of benzene rings is 2. The second-order valence-corrected chi connectivity index (χ2v) is 8.01. The third-order valence-corrected chi connectivity index (χ3v) is 5.76. The van der Waals surface area contributed by atoms with Crippen LogP contribution in [0, 0.1) is 0 Å². The molecule has 150 valence electrons. The maximum absolute atomic E-state index is 12.8. The first-order valence-electron chi connectivity index (χ1n) is 9.97. The molecule has 2 aromatic carbocycles. The van der Waals surface area contributed by atoms with E-state index >= 15 is 0 Å². The van der Waals surface area contributed by atoms with Gasteiger partial charge in [0.05, 0.1) is 24.9 Å². The molecule has 2 N–H and O–H groups in total. The second kappa shape index (κ2) is 8.27. The molecule has 3 nitrogen and oxygen atoms in total. The van der Waals surface area contributed by atoms with Gasteiger partial charge >= 0.3 is 0 Å². The molecule has 4 rings (SSSR count). The van der Waals surface area contributed by atoms with Gasteiger partial charge in [0.15, 0.2) is 0 Å². The molecule has 2 aromatic rings. The lowest BCUT2D eigenvalue weighted by Gasteiger charge is -2.33. The van der Waals surface area contributed by atoms with E-state index in [4.69, 9.17) is 4.74 Å². The number of rotatable bonds is 6. The normalized spacial score (nSPS) is 25.2. The molecule has 1 aliphatic carbocycles. The molecule has 0 aromatic heterocycles. The summed E-state index contributed by atoms with van der Waals surface area (Å²) in [6, 6.07) is 12.9. The highest BCUT2D eigenvalue weighted by Crippen LogP contribution is 2.43. The lowest BCUT2D eigenvalue weighted by molar-refractivity contribution is -0.113. The molecule has 1 saturated heterocycles. The highest BCUT2D eigenvalue weighted by molar-refractivity contribution is 5.41. The first-order valence-corrected chi connectivity index (χ1v) is 9.97. The van der Waals surface area contributed by atoms with E-state index in [0.717, 1.165) is 11.1 Å². The minimum absolute atomic E-state index is 0.0413. The molecule has 0 amide bonds. The summed E-state index contributed by atoms with van der Waals surface area (Å²) in [6.07, 6.45) is 0.499. The van der Waals surface area contributed by atoms with Gasteiger partial charge in [-0.05, 0) is 47.4 Å². The molecular weight excluding hydrogens is 362 g/mol. The largest absolute Gasteiger partial charge is 0.394 e. The number of halogens is 2. The third kappa shape index (κ3) is 4.43. The number of ether oxygens (including phenoxy) is 1. The van der Waals surface area contributed by atoms with Crippen molar-refractivity contribution >= 4 is 0 Å². The van der Waals surface area contributed by atoms with Crippen LogP contribution in [0.4, 0.5) is 8.78 Å². The van der Waals surface area contributed by atoms with Crippen molar-refractivity contribution in [3.05, 3.63) is 70.3 Å². The van der Waals surface area contributed by atoms with Gasteiger partial charge in [0, 0.05) is 18.4 Å². The summed E-state index contributed by atoms with van der Waals surface area (Å²) in [5.41, 5.74) is 4.55. The first-order chi connectivity index (χ1) is 13.5. The number of hydrogen-bond acceptors (Lipinski definition) is 3. The summed E-state index contributed by atoms with van der Waals surface area (Å²) in [5.74, 6) is 0.576. The molecule has 1 unspecified atom stereocenters. The van der Waals surface area contributed by atoms with Crippen LogP contribution in [0.15, 0.2) is 42.5 Å². The van der Waals surface area contributed by atoms with Gasteiger partial charge in [0.1, 0.15) is 0 Å². The van der Waals surface area contributed by atoms with Gasteiger partial charge in [0.25, 0.3) is 6.43 Å². The summed E-state index contributed by atoms with van der Waals surface area (Å²) in [7, 11) is 0. The lowest BCUT2D eigenvalue weighted by Crippen LogP contribution is -2.33. The number of aliphatic hydroxyl groups excluding tert-OH is 2. The quantitative estimate of drug-likeness (QED) is 0.756. The lowest BCUT2D eigenvalue weighted by atomic mass is 9.90. The molecule has 0 spiro atoms. The molecule has 1 aliphatic heterocycles. The van der Waals surface area contributed by atoms with E-state index in [2.05, 4.69) is 18.2 Å². The Kier molecular flexibility index (Phi) is 5.76. The Morgan fingerprint density at radius 2 is 1.79 bits per heavy atom. The van der Waals surface area contributed by atoms with E-state index in [9.17, 15) is 19.0 Å². The minimum atomic E-state index is -2.45. The van der Waals surface area contributed by atoms with Crippen molar-refractivity contribution in [1.82, 2.24) is 0 Å². The summed E-state index contributed by atoms with van der Waals surface area (Å²) >= 11 is 0. The summed E-state index contributed by atoms with van der Waals surface area (Å²) in [6.45, 7) is -0.100. The molecular formula is C23H26F2O3. The average molecular weight is 388 g/mol. The van der Waals surface area contributed by atoms with Crippen molar-refractivity contribution in [3.63, 3.8) is 0 Å². The SMILES string of the molecule is OCC1C[C@H](O)C[C@H](c2ccc(C3CC3)c(Cc3ccc(C(F)F)cc3)c2)O1. The van der Waals surface area contributed by atoms with Crippen LogP contribution in [-0.2, 0) is 11.2 Å². The van der Waals surface area contributed by atoms with Crippen LogP contribution < -0.4 is 0 Å². The van der Waals surface area contributed by atoms with Gasteiger partial charge in [-0.1, -0.05) is 42.5 Å². The zero-order chi connectivity index (χ0) is 19.7. The molecule has 3 atom stereocenters. The monoisotopic (exact) mass is 388 g/mol. The van der Waals surface area contributed by atoms with Crippen molar-refractivity contribution < 1.29 is 23.7 Å². The standard InChI is InChI=1S/C23H26F2O3/c24-23(25)16-3-1-14(2-4-16)9-18-10-17(7-8-21(18)15-5-6-15)22-12-19(27)11-20(13-26)28-22/h1-4,7-8,10,15,19-20,22-23,26-27H,5-6,9,11-13H2/t19-,20?,22+/m0/s1. The Labute approximate surface area is 164 Å². The Morgan fingerprint density at radius 1 is 1.04 bits per heavy atom. The fourth-order valence-corrected chi connectivity index (χ4v) is 4.09. The fraction of sp³-hybridized carbons (Fsp3) is 0.478. The smallest absolute Gasteiger partial charge is 0.263 e. The topological polar surface area (TPSA) is 49.7 Å². The van der Waals surface area contributed by atoms with Gasteiger partial charge in [0.2, 0.25) is 0 Å². The summed E-state index contributed by atoms with van der Waals surface area (Å²) in [4.78, 5) is 0. The van der Waals surface area contributed by atoms with Crippen molar-refractivity contribution in [2.24, 2.45) is 0 Å². The third-order valence-electron chi connectivity index (χ3n) is 5.76. The highest BCUT2D eigenvalue weighted by atomic mass is 19.3. The van der Waals surface area contributed by atoms with E-state index in [0.29, 0.717) is 25.2 Å². The molecule has 1 saturated carbocycles. The van der Waals surface area contributed by atoms with E-state index in [-0.39, 0.29) is 24.4 Å². The number of aliphatic hydroxyl groups is 2. The second-order valence-electron chi connectivity index (χ2n) is 8.01. The van der Waals surface area contributed by atoms with Crippen molar-refractivity contribution in [3.8, 4) is 0 Å². The van der Waals surface area contributed by atoms with Gasteiger partial charge in [-0.2, -0.15) is 0 Å². The predicted octanol–water partition coefficient (Wildman–Crippen LogP) is 4.67. The molecule has 28 heavy (non-hydrogen) atoms. The molecule has 2 aliphatic rings. The average Bonchev–Trinajstić information content (AvgIpc) is 3.53. The molecule has 0 bridgehead atoms. The summed E-state index contributed by atoms with van der Waals surface area (Å²) < 4.78 is 31.6. The van der Waals surface area contributed by atoms with Gasteiger partial charge in [-0.15, -0.1) is 0 Å². The summed E-state index contributed by atoms with van der Waals surface area (Å²) in [5, 5.41) is 19.5. The van der Waals surface area contributed by atoms with Gasteiger partial charge in [-0.3, -0.25) is 0 Å². The van der Waals surface area contributed by atoms with Crippen LogP contribution in [0.1, 0.15) is 71.9 Å². The first kappa shape index (κ1) is 19.5. The maximum atomic E-state index is 12.8. The predicted molar refractivity (Wildman–Crippen MR) is 103 cm³/mol. The van der Waals surface area contributed by atoms with Crippen LogP contribution in [0.3, 0.4) is 0 Å². The Bertz CT molecular complexity index is 802. The Morgan fingerprint density at radius 3 is 2.43 bits per heavy atom. The highest BCUT2D eigenvalue weighted by Gasteiger charge is 2.31. The fourth-order valence-electron chi connectivity index (χ4n) is 4.09. The molecule has 2 fully saturated rings. The zero-order valence-electron chi connectivity index (χ0n) is 15.7. The van der Waals surface area contributed by atoms with Crippen LogP contribution in [-0.4, -0.2) is 29.0 Å². The van der Waals surface area contributed by atoms with Gasteiger partial charge in [-0.25, -0.2) is 8.78 Å². The molecule has 1 heterocycles. The van der Waals surface area contributed by atoms with Crippen LogP contribution in [0.5, 0.6) is 0 Å². The van der Waals surface area contributed by atoms with Crippen molar-refractivity contribution in [2.45, 2.75) is 62.8 Å². The maximum Gasteiger partial charge on any atom is 0.263 e. The van der Waals surface area contributed by atoms with E-state index in [1.165, 1.54) is 36.1 Å². The number of hydrogen-bond donors (Lipinski definition) is 2. The zero-order valence-corrected chi connectivity index (χ0v) is 15.7. The molecule has 0 radical (unpaired) electrons. The van der Waals surface area contributed by atoms with E-state index in [1.807, 2.05) is 0 Å². The van der Waals surface area contributed by atoms with Crippen LogP contribution in [0.2, 0.25) is 0 Å². The van der Waals surface area contributed by atoms with E-state index in [1.54, 1.807) is 12.1 Å². The van der Waals surface area contributed by atoms with Gasteiger partial charge < -0.3 is 14.9 Å². The van der Waals surface area contributed by atoms with Crippen LogP contribution in [0.25, 0.3) is 0 Å². The number of alkyl halides is 2. The Hall–Kier alpha value is -1.82. The minimum Gasteiger partial charge on any atom is -0.394 e. The van der Waals surface area contributed by atoms with E-state index < -0.39 is 12.5 Å². The molecule has 5 heteroatoms. The van der Waals surface area contributed by atoms with Crippen LogP contribution >= 0.6 is 0 Å².